The maximum Gasteiger partial charge on any atom is 0.498 e. The Labute approximate surface area is 757 Å². The second kappa shape index (κ2) is 46.8. The third kappa shape index (κ3) is 25.2. The number of pyridine rings is 2. The summed E-state index contributed by atoms with van der Waals surface area (Å²) in [4.78, 5) is 16.6. The standard InChI is InChI=1S/4C18H15P.C13H10ClN3.C11H15BClNO2.C8H7BrN2.CH4.Pd/c4*1-4-10-16(11-5-1)19(17-12-6-2-7-13-17)18-14-8-3-9-15-18;1-17-8-16-11-5-4-9(7-12(11)17)10-3-2-6-15-13(10)14;1-10(2)11(3,4)16-12(15-10)8-6-5-7-14-9(8)13;1-11-5-10-7-3-2-6(9)4-8(7)11;;/h4*1-15H;2-8H,1H3;5-7H,1-4H3;2-5H,1H3;1H4;. The molecule has 0 saturated carbocycles. The fourth-order valence-corrected chi connectivity index (χ4v) is 23.3. The number of benzene rings is 14. The molecule has 4 aromatic heterocycles. The second-order valence-corrected chi connectivity index (χ2v) is 39.2. The van der Waals surface area contributed by atoms with Gasteiger partial charge in [0.25, 0.3) is 0 Å². The number of nitrogens with zero attached hydrogens (tertiary/aromatic N) is 6. The second-order valence-electron chi connectivity index (χ2n) is 28.7. The number of hydrogen-bond acceptors (Lipinski definition) is 6. The molecule has 0 amide bonds. The maximum absolute atomic E-state index is 6.09. The summed E-state index contributed by atoms with van der Waals surface area (Å²) in [5.74, 6) is 0. The first kappa shape index (κ1) is 92.5. The Hall–Kier alpha value is -10.3. The minimum Gasteiger partial charge on any atom is -0.399 e. The van der Waals surface area contributed by atoms with E-state index < -0.39 is 38.8 Å². The van der Waals surface area contributed by atoms with Crippen LogP contribution >= 0.6 is 70.8 Å². The largest absolute Gasteiger partial charge is 0.498 e. The molecular formula is C105H96BBrCl2N6O2P4Pd. The summed E-state index contributed by atoms with van der Waals surface area (Å²) in [7, 11) is 1.74. The third-order valence-corrected chi connectivity index (χ3v) is 30.8. The third-order valence-electron chi connectivity index (χ3n) is 20.0. The SMILES string of the molecule is C.CC1(C)OB(c2cccnc2Cl)OC1(C)C.Cn1cnc2ccc(-c3cccnc3Cl)cc21.Cn1cnc2ccc(Br)cc21.[Pd].c1ccc(P(c2ccccc2)c2ccccc2)cc1.c1ccc(P(c2ccccc2)c2ccccc2)cc1.c1ccc(P(c2ccccc2)c2ccccc2)cc1.c1ccc(P(c2ccccc2)c2ccccc2)cc1. The zero-order valence-corrected chi connectivity index (χ0v) is 76.3. The van der Waals surface area contributed by atoms with Gasteiger partial charge in [-0.1, -0.05) is 423 Å². The zero-order chi connectivity index (χ0) is 83.3. The molecule has 122 heavy (non-hydrogen) atoms. The molecule has 1 aliphatic rings. The molecule has 0 radical (unpaired) electrons. The summed E-state index contributed by atoms with van der Waals surface area (Å²) in [5, 5.41) is 17.7. The van der Waals surface area contributed by atoms with E-state index in [4.69, 9.17) is 32.5 Å². The molecule has 14 aromatic carbocycles. The molecule has 1 fully saturated rings. The van der Waals surface area contributed by atoms with Crippen LogP contribution in [0, 0.1) is 0 Å². The number of aryl methyl sites for hydroxylation is 2. The van der Waals surface area contributed by atoms with Crippen LogP contribution in [0.1, 0.15) is 35.1 Å². The molecule has 612 valence electrons. The first-order valence-corrected chi connectivity index (χ1v) is 46.4. The van der Waals surface area contributed by atoms with E-state index in [0.717, 1.165) is 43.1 Å². The Kier molecular flexibility index (Phi) is 35.5. The van der Waals surface area contributed by atoms with Gasteiger partial charge in [0.2, 0.25) is 0 Å². The van der Waals surface area contributed by atoms with E-state index in [1.807, 2.05) is 106 Å². The van der Waals surface area contributed by atoms with E-state index in [1.165, 1.54) is 63.7 Å². The summed E-state index contributed by atoms with van der Waals surface area (Å²) < 4.78 is 16.8. The number of hydrogen-bond donors (Lipinski definition) is 0. The minimum absolute atomic E-state index is 0. The molecule has 0 atom stereocenters. The fourth-order valence-electron chi connectivity index (χ4n) is 13.3. The summed E-state index contributed by atoms with van der Waals surface area (Å²) in [6, 6.07) is 149. The predicted molar refractivity (Wildman–Crippen MR) is 530 cm³/mol. The van der Waals surface area contributed by atoms with Crippen molar-refractivity contribution >= 4 is 169 Å². The number of rotatable bonds is 14. The van der Waals surface area contributed by atoms with Gasteiger partial charge in [-0.2, -0.15) is 0 Å². The number of aromatic nitrogens is 6. The van der Waals surface area contributed by atoms with E-state index in [0.29, 0.717) is 10.3 Å². The molecule has 19 rings (SSSR count). The average molecular weight is 1870 g/mol. The molecule has 5 heterocycles. The van der Waals surface area contributed by atoms with Gasteiger partial charge in [0, 0.05) is 62.4 Å². The molecule has 1 aliphatic heterocycles. The maximum atomic E-state index is 6.09. The van der Waals surface area contributed by atoms with Crippen LogP contribution in [-0.2, 0) is 43.8 Å². The van der Waals surface area contributed by atoms with Crippen molar-refractivity contribution in [3.63, 3.8) is 0 Å². The van der Waals surface area contributed by atoms with Gasteiger partial charge in [-0.25, -0.2) is 19.9 Å². The van der Waals surface area contributed by atoms with Gasteiger partial charge in [0.15, 0.2) is 0 Å². The van der Waals surface area contributed by atoms with Crippen molar-refractivity contribution in [1.29, 1.82) is 0 Å². The Morgan fingerprint density at radius 2 is 0.533 bits per heavy atom. The molecule has 0 bridgehead atoms. The topological polar surface area (TPSA) is 79.9 Å². The molecule has 0 aliphatic carbocycles. The van der Waals surface area contributed by atoms with Crippen molar-refractivity contribution in [3.05, 3.63) is 464 Å². The molecular weight excluding hydrogens is 1770 g/mol. The van der Waals surface area contributed by atoms with E-state index in [9.17, 15) is 0 Å². The van der Waals surface area contributed by atoms with E-state index in [-0.39, 0.29) is 39.1 Å². The van der Waals surface area contributed by atoms with Crippen molar-refractivity contribution < 1.29 is 29.7 Å². The average Bonchev–Trinajstić information content (AvgIpc) is 1.62. The summed E-state index contributed by atoms with van der Waals surface area (Å²) in [6.07, 6.45) is 6.96. The normalized spacial score (nSPS) is 12.0. The number of fused-ring (bicyclic) bond motifs is 2. The number of imidazole rings is 2. The van der Waals surface area contributed by atoms with Gasteiger partial charge in [-0.3, -0.25) is 0 Å². The molecule has 0 spiro atoms. The molecule has 0 unspecified atom stereocenters. The van der Waals surface area contributed by atoms with Gasteiger partial charge in [0.1, 0.15) is 10.3 Å². The first-order chi connectivity index (χ1) is 58.7. The van der Waals surface area contributed by atoms with Crippen LogP contribution < -0.4 is 69.1 Å². The summed E-state index contributed by atoms with van der Waals surface area (Å²) in [5.41, 5.74) is 6.33. The fraction of sp³-hybridized carbons (Fsp3) is 0.0857. The van der Waals surface area contributed by atoms with E-state index in [2.05, 4.69) is 412 Å². The van der Waals surface area contributed by atoms with Crippen LogP contribution in [0.2, 0.25) is 10.3 Å². The van der Waals surface area contributed by atoms with Gasteiger partial charge in [-0.05, 0) is 177 Å². The van der Waals surface area contributed by atoms with Crippen molar-refractivity contribution in [1.82, 2.24) is 29.1 Å². The molecule has 8 nitrogen and oxygen atoms in total. The van der Waals surface area contributed by atoms with Gasteiger partial charge < -0.3 is 18.4 Å². The Morgan fingerprint density at radius 3 is 0.787 bits per heavy atom. The van der Waals surface area contributed by atoms with Crippen LogP contribution in [0.3, 0.4) is 0 Å². The molecule has 1 saturated heterocycles. The Morgan fingerprint density at radius 1 is 0.295 bits per heavy atom. The molecule has 0 N–H and O–H groups in total. The van der Waals surface area contributed by atoms with Gasteiger partial charge in [-0.15, -0.1) is 0 Å². The minimum atomic E-state index is -0.446. The smallest absolute Gasteiger partial charge is 0.399 e. The van der Waals surface area contributed by atoms with Crippen LogP contribution in [0.15, 0.2) is 454 Å². The van der Waals surface area contributed by atoms with E-state index in [1.54, 1.807) is 18.7 Å². The Bertz CT molecular complexity index is 5220. The first-order valence-electron chi connectivity index (χ1n) is 39.5. The van der Waals surface area contributed by atoms with Gasteiger partial charge in [0.05, 0.1) is 45.9 Å². The van der Waals surface area contributed by atoms with Gasteiger partial charge >= 0.3 is 7.12 Å². The van der Waals surface area contributed by atoms with Crippen molar-refractivity contribution in [3.8, 4) is 11.1 Å². The van der Waals surface area contributed by atoms with Crippen molar-refractivity contribution in [2.75, 3.05) is 0 Å². The van der Waals surface area contributed by atoms with Crippen LogP contribution in [0.5, 0.6) is 0 Å². The predicted octanol–water partition coefficient (Wildman–Crippen LogP) is 22.1. The Balaban J connectivity index is 0.000000139. The van der Waals surface area contributed by atoms with E-state index >= 15 is 0 Å². The molecule has 18 aromatic rings. The van der Waals surface area contributed by atoms with Crippen LogP contribution in [0.25, 0.3) is 33.2 Å². The number of halogens is 3. The summed E-state index contributed by atoms with van der Waals surface area (Å²) >= 11 is 15.5. The van der Waals surface area contributed by atoms with Crippen LogP contribution in [-0.4, -0.2) is 47.4 Å². The van der Waals surface area contributed by atoms with Crippen LogP contribution in [0.4, 0.5) is 0 Å². The zero-order valence-electron chi connectivity index (χ0n) is 68.0. The van der Waals surface area contributed by atoms with Crippen molar-refractivity contribution in [2.45, 2.75) is 46.3 Å². The van der Waals surface area contributed by atoms with Crippen molar-refractivity contribution in [2.24, 2.45) is 14.1 Å². The monoisotopic (exact) mass is 1860 g/mol. The quantitative estimate of drug-likeness (QED) is 0.0613. The molecule has 17 heteroatoms. The summed E-state index contributed by atoms with van der Waals surface area (Å²) in [6.45, 7) is 8.04.